The normalized spacial score (nSPS) is 10.7. The molecule has 0 radical (unpaired) electrons. The second-order valence-electron chi connectivity index (χ2n) is 8.18. The Balaban J connectivity index is 1.87. The predicted molar refractivity (Wildman–Crippen MR) is 135 cm³/mol. The molecule has 0 atom stereocenters. The molecule has 2 heterocycles. The Hall–Kier alpha value is -4.98. The van der Waals surface area contributed by atoms with E-state index in [4.69, 9.17) is 5.11 Å². The molecule has 202 valence electrons. The van der Waals surface area contributed by atoms with Gasteiger partial charge in [0, 0.05) is 46.1 Å². The highest BCUT2D eigenvalue weighted by atomic mass is 16.3. The van der Waals surface area contributed by atoms with Gasteiger partial charge in [0.25, 0.3) is 22.9 Å². The number of rotatable bonds is 9. The van der Waals surface area contributed by atoms with Crippen LogP contribution in [-0.4, -0.2) is 72.7 Å². The SMILES string of the molecule is Cn1ccc(N(CCNC(=O)c2ccc(C(=O)NCCO)c(O)c2O)c2ccn(C)c(=O)c2O)c(O)c1=O. The lowest BCUT2D eigenvalue weighted by Gasteiger charge is -2.26. The Kier molecular flexibility index (Phi) is 8.27. The van der Waals surface area contributed by atoms with E-state index in [2.05, 4.69) is 10.6 Å². The summed E-state index contributed by atoms with van der Waals surface area (Å²) in [7, 11) is 2.85. The number of anilines is 2. The Morgan fingerprint density at radius 1 is 0.737 bits per heavy atom. The van der Waals surface area contributed by atoms with Gasteiger partial charge in [0.15, 0.2) is 11.5 Å². The number of amides is 2. The van der Waals surface area contributed by atoms with Crippen LogP contribution in [-0.2, 0) is 14.1 Å². The number of aliphatic hydroxyl groups excluding tert-OH is 1. The Bertz CT molecular complexity index is 1430. The van der Waals surface area contributed by atoms with E-state index in [9.17, 15) is 39.6 Å². The lowest BCUT2D eigenvalue weighted by atomic mass is 10.1. The van der Waals surface area contributed by atoms with E-state index < -0.39 is 45.9 Å². The molecule has 38 heavy (non-hydrogen) atoms. The number of hydrogen-bond acceptors (Lipinski definition) is 10. The summed E-state index contributed by atoms with van der Waals surface area (Å²) in [6, 6.07) is 5.02. The second-order valence-corrected chi connectivity index (χ2v) is 8.18. The minimum absolute atomic E-state index is 0.0374. The Morgan fingerprint density at radius 3 is 1.58 bits per heavy atom. The fourth-order valence-corrected chi connectivity index (χ4v) is 3.60. The number of hydrogen-bond donors (Lipinski definition) is 7. The van der Waals surface area contributed by atoms with E-state index >= 15 is 0 Å². The van der Waals surface area contributed by atoms with Crippen LogP contribution in [0.3, 0.4) is 0 Å². The van der Waals surface area contributed by atoms with Gasteiger partial charge in [-0.25, -0.2) is 0 Å². The van der Waals surface area contributed by atoms with Gasteiger partial charge in [0.2, 0.25) is 11.5 Å². The Morgan fingerprint density at radius 2 is 1.16 bits per heavy atom. The summed E-state index contributed by atoms with van der Waals surface area (Å²) in [5.41, 5.74) is -2.19. The first-order valence-electron chi connectivity index (χ1n) is 11.3. The van der Waals surface area contributed by atoms with Crippen LogP contribution in [0.5, 0.6) is 23.0 Å². The number of pyridine rings is 2. The van der Waals surface area contributed by atoms with Gasteiger partial charge in [0.05, 0.1) is 29.1 Å². The molecule has 3 aromatic rings. The van der Waals surface area contributed by atoms with Crippen LogP contribution in [0.15, 0.2) is 46.2 Å². The van der Waals surface area contributed by atoms with Crippen molar-refractivity contribution in [1.29, 1.82) is 0 Å². The molecule has 0 saturated carbocycles. The molecule has 0 aliphatic heterocycles. The van der Waals surface area contributed by atoms with Crippen LogP contribution in [0.1, 0.15) is 20.7 Å². The van der Waals surface area contributed by atoms with E-state index in [1.807, 2.05) is 0 Å². The zero-order valence-electron chi connectivity index (χ0n) is 20.5. The number of aliphatic hydroxyl groups is 1. The van der Waals surface area contributed by atoms with Crippen LogP contribution in [0, 0.1) is 0 Å². The first-order valence-corrected chi connectivity index (χ1v) is 11.3. The topological polar surface area (TPSA) is 207 Å². The third-order valence-corrected chi connectivity index (χ3v) is 5.68. The summed E-state index contributed by atoms with van der Waals surface area (Å²) in [4.78, 5) is 50.6. The molecule has 14 heteroatoms. The fourth-order valence-electron chi connectivity index (χ4n) is 3.60. The fraction of sp³-hybridized carbons (Fsp3) is 0.250. The minimum Gasteiger partial charge on any atom is -0.504 e. The third-order valence-electron chi connectivity index (χ3n) is 5.68. The summed E-state index contributed by atoms with van der Waals surface area (Å²) in [6.07, 6.45) is 2.75. The van der Waals surface area contributed by atoms with Crippen molar-refractivity contribution in [2.45, 2.75) is 0 Å². The predicted octanol–water partition coefficient (Wildman–Crippen LogP) is -0.803. The first kappa shape index (κ1) is 27.6. The van der Waals surface area contributed by atoms with E-state index in [1.54, 1.807) is 0 Å². The van der Waals surface area contributed by atoms with E-state index in [1.165, 1.54) is 43.5 Å². The molecule has 3 rings (SSSR count). The zero-order chi connectivity index (χ0) is 28.1. The molecule has 0 spiro atoms. The molecular weight excluding hydrogens is 502 g/mol. The summed E-state index contributed by atoms with van der Waals surface area (Å²) >= 11 is 0. The van der Waals surface area contributed by atoms with Gasteiger partial charge >= 0.3 is 0 Å². The lowest BCUT2D eigenvalue weighted by molar-refractivity contribution is 0.0931. The minimum atomic E-state index is -0.843. The quantitative estimate of drug-likeness (QED) is 0.172. The van der Waals surface area contributed by atoms with Crippen molar-refractivity contribution in [3.05, 3.63) is 68.5 Å². The maximum absolute atomic E-state index is 12.7. The summed E-state index contributed by atoms with van der Waals surface area (Å²) in [5.74, 6) is -4.58. The number of phenolic OH excluding ortho intramolecular Hbond substituents is 2. The molecule has 7 N–H and O–H groups in total. The molecule has 14 nitrogen and oxygen atoms in total. The van der Waals surface area contributed by atoms with Gasteiger partial charge in [0.1, 0.15) is 0 Å². The molecule has 2 aromatic heterocycles. The summed E-state index contributed by atoms with van der Waals surface area (Å²) in [5, 5.41) is 55.0. The number of carbonyl (C=O) groups excluding carboxylic acids is 2. The highest BCUT2D eigenvalue weighted by Crippen LogP contribution is 2.34. The number of benzene rings is 1. The standard InChI is InChI=1S/C24H27N5O9/c1-27-9-5-15(19(33)23(27)37)29(16-6-10-28(2)24(38)20(16)34)11-7-25-21(35)13-3-4-14(18(32)17(13)31)22(36)26-8-12-30/h3-6,9-10,30-34H,7-8,11-12H2,1-2H3,(H,25,35)(H,26,36). The van der Waals surface area contributed by atoms with E-state index in [-0.39, 0.29) is 48.7 Å². The number of carbonyl (C=O) groups is 2. The molecule has 0 aliphatic carbocycles. The number of nitrogens with zero attached hydrogens (tertiary/aromatic N) is 3. The van der Waals surface area contributed by atoms with Crippen LogP contribution < -0.4 is 26.7 Å². The highest BCUT2D eigenvalue weighted by molar-refractivity contribution is 6.02. The van der Waals surface area contributed by atoms with Crippen molar-refractivity contribution in [2.75, 3.05) is 31.1 Å². The smallest absolute Gasteiger partial charge is 0.294 e. The van der Waals surface area contributed by atoms with Crippen LogP contribution >= 0.6 is 0 Å². The number of aryl methyl sites for hydroxylation is 2. The van der Waals surface area contributed by atoms with Crippen molar-refractivity contribution >= 4 is 23.2 Å². The van der Waals surface area contributed by atoms with Crippen LogP contribution in [0.4, 0.5) is 11.4 Å². The molecule has 0 aliphatic rings. The average Bonchev–Trinajstić information content (AvgIpc) is 2.89. The van der Waals surface area contributed by atoms with E-state index in [0.29, 0.717) is 0 Å². The van der Waals surface area contributed by atoms with Gasteiger partial charge in [-0.2, -0.15) is 0 Å². The van der Waals surface area contributed by atoms with Gasteiger partial charge in [-0.3, -0.25) is 19.2 Å². The number of aromatic nitrogens is 2. The maximum atomic E-state index is 12.7. The summed E-state index contributed by atoms with van der Waals surface area (Å²) in [6.45, 7) is -0.743. The zero-order valence-corrected chi connectivity index (χ0v) is 20.5. The summed E-state index contributed by atoms with van der Waals surface area (Å²) < 4.78 is 2.26. The van der Waals surface area contributed by atoms with Crippen molar-refractivity contribution in [3.63, 3.8) is 0 Å². The molecule has 0 saturated heterocycles. The monoisotopic (exact) mass is 529 g/mol. The van der Waals surface area contributed by atoms with Crippen molar-refractivity contribution in [1.82, 2.24) is 19.8 Å². The maximum Gasteiger partial charge on any atom is 0.294 e. The van der Waals surface area contributed by atoms with Gasteiger partial charge in [-0.15, -0.1) is 0 Å². The van der Waals surface area contributed by atoms with E-state index in [0.717, 1.165) is 21.3 Å². The van der Waals surface area contributed by atoms with Crippen LogP contribution in [0.25, 0.3) is 0 Å². The molecular formula is C24H27N5O9. The number of phenols is 2. The Labute approximate surface area is 215 Å². The number of aromatic hydroxyl groups is 4. The highest BCUT2D eigenvalue weighted by Gasteiger charge is 2.23. The molecule has 2 amide bonds. The van der Waals surface area contributed by atoms with Gasteiger partial charge < -0.3 is 50.2 Å². The van der Waals surface area contributed by atoms with Gasteiger partial charge in [-0.1, -0.05) is 0 Å². The average molecular weight is 530 g/mol. The molecule has 0 bridgehead atoms. The van der Waals surface area contributed by atoms with Crippen LogP contribution in [0.2, 0.25) is 0 Å². The van der Waals surface area contributed by atoms with Crippen molar-refractivity contribution in [3.8, 4) is 23.0 Å². The molecule has 0 fully saturated rings. The van der Waals surface area contributed by atoms with Gasteiger partial charge in [-0.05, 0) is 24.3 Å². The number of nitrogens with one attached hydrogen (secondary N) is 2. The van der Waals surface area contributed by atoms with Crippen molar-refractivity contribution in [2.24, 2.45) is 14.1 Å². The largest absolute Gasteiger partial charge is 0.504 e. The third kappa shape index (κ3) is 5.39. The lowest BCUT2D eigenvalue weighted by Crippen LogP contribution is -2.34. The second kappa shape index (κ2) is 11.4. The molecule has 1 aromatic carbocycles. The van der Waals surface area contributed by atoms with Crippen molar-refractivity contribution < 1.29 is 35.1 Å². The molecule has 0 unspecified atom stereocenters. The first-order chi connectivity index (χ1) is 18.0.